The average Bonchev–Trinajstić information content (AvgIpc) is 3.49. The van der Waals surface area contributed by atoms with Crippen LogP contribution >= 0.6 is 0 Å². The highest BCUT2D eigenvalue weighted by Crippen LogP contribution is 2.21. The van der Waals surface area contributed by atoms with Gasteiger partial charge in [0.2, 0.25) is 35.4 Å². The normalized spacial score (nSPS) is 16.1. The van der Waals surface area contributed by atoms with E-state index in [-0.39, 0.29) is 68.5 Å². The van der Waals surface area contributed by atoms with Gasteiger partial charge in [0, 0.05) is 32.4 Å². The Morgan fingerprint density at radius 1 is 0.847 bits per heavy atom. The summed E-state index contributed by atoms with van der Waals surface area (Å²) in [5, 5.41) is 32.0. The monoisotopic (exact) mass is 829 g/mol. The number of carbonyl (C=O) groups excluding carboxylic acids is 7. The molecule has 21 heteroatoms. The second kappa shape index (κ2) is 23.2. The quantitative estimate of drug-likeness (QED) is 0.0239. The van der Waals surface area contributed by atoms with Gasteiger partial charge in [-0.1, -0.05) is 26.0 Å². The molecular formula is C38H59N11O10. The standard InChI is InChI=1S/C38H59N11O10/c1-19(2)15-27(35(57)44-21(5)32(40)54)48-34(56)26(12-13-30(52)53)46-37(59)31(20(3)4)49-18-23(17-29(49)51)45-36(58)28(16-22-8-10-24(50)11-9-22)47-33(55)25(39)7-6-14-43-38(41)42/h8-11,19,21,23,25-28,50H,6-7,12-18,39H2,1-5H3,(H2,40,54)(H,44,57)(H,45,58)(H,46,59)(H,47,55)(H,48,56)(H,52,53)(H4,41,42,43)/t21-,23+,25-,26-,27-,28-/m1/s1. The average molecular weight is 830 g/mol. The molecule has 0 aliphatic carbocycles. The van der Waals surface area contributed by atoms with Gasteiger partial charge in [-0.3, -0.25) is 43.3 Å². The van der Waals surface area contributed by atoms with Crippen LogP contribution in [-0.2, 0) is 44.8 Å². The molecule has 1 aromatic carbocycles. The summed E-state index contributed by atoms with van der Waals surface area (Å²) in [5.41, 5.74) is 22.8. The fourth-order valence-corrected chi connectivity index (χ4v) is 6.07. The summed E-state index contributed by atoms with van der Waals surface area (Å²) in [6.07, 6.45) is -0.433. The summed E-state index contributed by atoms with van der Waals surface area (Å²) in [6, 6.07) is -0.717. The number of aliphatic carboxylic acids is 1. The number of nitrogens with one attached hydrogen (secondary N) is 5. The Labute approximate surface area is 342 Å². The van der Waals surface area contributed by atoms with Crippen LogP contribution in [0.25, 0.3) is 0 Å². The van der Waals surface area contributed by atoms with E-state index in [4.69, 9.17) is 22.9 Å². The number of phenols is 1. The van der Waals surface area contributed by atoms with Crippen LogP contribution in [0.1, 0.15) is 78.7 Å². The first-order valence-electron chi connectivity index (χ1n) is 19.2. The number of rotatable bonds is 23. The number of nitrogens with two attached hydrogens (primary N) is 4. The van der Waals surface area contributed by atoms with E-state index in [1.165, 1.54) is 19.1 Å². The number of carboxylic acids is 1. The summed E-state index contributed by atoms with van der Waals surface area (Å²) in [6.45, 7) is 8.11. The Balaban J connectivity index is 2.27. The van der Waals surface area contributed by atoms with Crippen molar-refractivity contribution in [1.29, 1.82) is 0 Å². The first-order chi connectivity index (χ1) is 27.6. The molecule has 0 radical (unpaired) electrons. The number of benzene rings is 1. The molecule has 15 N–H and O–H groups in total. The highest BCUT2D eigenvalue weighted by molar-refractivity contribution is 6.02. The Morgan fingerprint density at radius 3 is 2.02 bits per heavy atom. The lowest BCUT2D eigenvalue weighted by molar-refractivity contribution is -0.138. The first-order valence-corrected chi connectivity index (χ1v) is 19.2. The van der Waals surface area contributed by atoms with Gasteiger partial charge in [-0.25, -0.2) is 0 Å². The predicted molar refractivity (Wildman–Crippen MR) is 215 cm³/mol. The van der Waals surface area contributed by atoms with Gasteiger partial charge >= 0.3 is 5.97 Å². The van der Waals surface area contributed by atoms with E-state index in [0.29, 0.717) is 17.6 Å². The second-order valence-corrected chi connectivity index (χ2v) is 15.0. The van der Waals surface area contributed by atoms with Crippen molar-refractivity contribution in [2.75, 3.05) is 13.1 Å². The molecule has 1 fully saturated rings. The number of allylic oxidation sites excluding steroid dienone is 1. The van der Waals surface area contributed by atoms with Gasteiger partial charge in [0.15, 0.2) is 5.96 Å². The maximum Gasteiger partial charge on any atom is 0.303 e. The highest BCUT2D eigenvalue weighted by Gasteiger charge is 2.38. The molecule has 1 aromatic rings. The minimum absolute atomic E-state index is 0.00572. The third-order valence-electron chi connectivity index (χ3n) is 9.14. The molecule has 1 saturated heterocycles. The molecule has 1 aliphatic heterocycles. The van der Waals surface area contributed by atoms with Crippen LogP contribution < -0.4 is 49.5 Å². The maximum atomic E-state index is 13.9. The molecule has 7 amide bonds. The molecule has 2 rings (SSSR count). The number of nitrogens with zero attached hydrogens (tertiary/aromatic N) is 2. The SMILES string of the molecule is CC(C)=C(C(=O)N[C@H](CCC(=O)O)C(=O)N[C@H](CC(C)C)C(=O)N[C@H](C)C(N)=O)N1C[C@@H](NC(=O)[C@@H](Cc2ccc(O)cc2)NC(=O)[C@H](N)CCCN=C(N)N)CC1=O. The molecule has 1 heterocycles. The zero-order chi connectivity index (χ0) is 44.6. The van der Waals surface area contributed by atoms with E-state index in [9.17, 15) is 48.6 Å². The lowest BCUT2D eigenvalue weighted by Gasteiger charge is -2.27. The lowest BCUT2D eigenvalue weighted by atomic mass is 10.0. The van der Waals surface area contributed by atoms with E-state index in [1.807, 2.05) is 0 Å². The minimum Gasteiger partial charge on any atom is -0.508 e. The molecule has 6 atom stereocenters. The van der Waals surface area contributed by atoms with Crippen LogP contribution in [0.5, 0.6) is 5.75 Å². The van der Waals surface area contributed by atoms with Gasteiger partial charge in [-0.05, 0) is 75.6 Å². The van der Waals surface area contributed by atoms with Crippen LogP contribution in [0.2, 0.25) is 0 Å². The lowest BCUT2D eigenvalue weighted by Crippen LogP contribution is -2.56. The number of amides is 7. The number of carboxylic acid groups (broad SMARTS) is 1. The molecule has 0 bridgehead atoms. The highest BCUT2D eigenvalue weighted by atomic mass is 16.4. The summed E-state index contributed by atoms with van der Waals surface area (Å²) in [4.78, 5) is 109. The molecule has 59 heavy (non-hydrogen) atoms. The largest absolute Gasteiger partial charge is 0.508 e. The van der Waals surface area contributed by atoms with Crippen LogP contribution in [0.3, 0.4) is 0 Å². The van der Waals surface area contributed by atoms with Gasteiger partial charge < -0.3 is 64.6 Å². The van der Waals surface area contributed by atoms with Gasteiger partial charge in [0.25, 0.3) is 5.91 Å². The van der Waals surface area contributed by atoms with Crippen LogP contribution in [0.4, 0.5) is 0 Å². The molecular weight excluding hydrogens is 770 g/mol. The minimum atomic E-state index is -1.47. The van der Waals surface area contributed by atoms with Crippen LogP contribution in [0.15, 0.2) is 40.5 Å². The van der Waals surface area contributed by atoms with Gasteiger partial charge in [-0.2, -0.15) is 0 Å². The molecule has 21 nitrogen and oxygen atoms in total. The van der Waals surface area contributed by atoms with E-state index in [2.05, 4.69) is 31.6 Å². The smallest absolute Gasteiger partial charge is 0.303 e. The van der Waals surface area contributed by atoms with Crippen LogP contribution in [0, 0.1) is 5.92 Å². The third kappa shape index (κ3) is 16.6. The number of hydrogen-bond acceptors (Lipinski definition) is 11. The summed E-state index contributed by atoms with van der Waals surface area (Å²) in [7, 11) is 0. The topological polar surface area (TPSA) is 357 Å². The maximum absolute atomic E-state index is 13.9. The molecule has 1 aliphatic rings. The van der Waals surface area contributed by atoms with Crippen molar-refractivity contribution in [3.63, 3.8) is 0 Å². The summed E-state index contributed by atoms with van der Waals surface area (Å²) in [5.74, 6) is -6.61. The van der Waals surface area contributed by atoms with E-state index in [0.717, 1.165) is 4.90 Å². The third-order valence-corrected chi connectivity index (χ3v) is 9.14. The van der Waals surface area contributed by atoms with Crippen molar-refractivity contribution < 1.29 is 48.6 Å². The summed E-state index contributed by atoms with van der Waals surface area (Å²) < 4.78 is 0. The van der Waals surface area contributed by atoms with E-state index >= 15 is 0 Å². The Bertz CT molecular complexity index is 1760. The number of likely N-dealkylation sites (tertiary alicyclic amines) is 1. The molecule has 326 valence electrons. The van der Waals surface area contributed by atoms with Crippen molar-refractivity contribution in [1.82, 2.24) is 31.5 Å². The fourth-order valence-electron chi connectivity index (χ4n) is 6.07. The zero-order valence-corrected chi connectivity index (χ0v) is 34.1. The Hall–Kier alpha value is -6.25. The van der Waals surface area contributed by atoms with E-state index in [1.54, 1.807) is 39.8 Å². The van der Waals surface area contributed by atoms with Gasteiger partial charge in [0.05, 0.1) is 12.1 Å². The second-order valence-electron chi connectivity index (χ2n) is 15.0. The number of aromatic hydroxyl groups is 1. The number of hydrogen-bond donors (Lipinski definition) is 11. The number of guanidine groups is 1. The number of primary amides is 1. The molecule has 0 aromatic heterocycles. The molecule has 0 unspecified atom stereocenters. The van der Waals surface area contributed by atoms with Crippen molar-refractivity contribution in [3.05, 3.63) is 41.1 Å². The number of carbonyl (C=O) groups is 8. The van der Waals surface area contributed by atoms with Crippen molar-refractivity contribution >= 4 is 53.3 Å². The van der Waals surface area contributed by atoms with Crippen molar-refractivity contribution in [3.8, 4) is 5.75 Å². The Morgan fingerprint density at radius 2 is 1.46 bits per heavy atom. The molecule has 0 saturated carbocycles. The summed E-state index contributed by atoms with van der Waals surface area (Å²) >= 11 is 0. The fraction of sp³-hybridized carbons (Fsp3) is 0.553. The van der Waals surface area contributed by atoms with Crippen LogP contribution in [-0.4, -0.2) is 118 Å². The molecule has 0 spiro atoms. The number of aliphatic imine (C=N–C) groups is 1. The van der Waals surface area contributed by atoms with Gasteiger partial charge in [0.1, 0.15) is 35.6 Å². The first kappa shape index (κ1) is 48.9. The number of phenolic OH excluding ortho intramolecular Hbond substituents is 1. The van der Waals surface area contributed by atoms with Gasteiger partial charge in [-0.15, -0.1) is 0 Å². The van der Waals surface area contributed by atoms with Crippen molar-refractivity contribution in [2.45, 2.75) is 116 Å². The van der Waals surface area contributed by atoms with E-state index < -0.39 is 90.0 Å². The van der Waals surface area contributed by atoms with Crippen molar-refractivity contribution in [2.24, 2.45) is 33.8 Å². The predicted octanol–water partition coefficient (Wildman–Crippen LogP) is -2.32. The zero-order valence-electron chi connectivity index (χ0n) is 34.1. The Kier molecular flexibility index (Phi) is 19.3.